The molecule has 0 saturated carbocycles. The molecule has 1 unspecified atom stereocenters. The Kier molecular flexibility index (Phi) is 17.2. The van der Waals surface area contributed by atoms with E-state index in [2.05, 4.69) is 13.8 Å². The van der Waals surface area contributed by atoms with Crippen LogP contribution >= 0.6 is 0 Å². The van der Waals surface area contributed by atoms with E-state index in [9.17, 15) is 15.3 Å². The predicted molar refractivity (Wildman–Crippen MR) is 105 cm³/mol. The smallest absolute Gasteiger partial charge is 0.0697 e. The molecule has 0 bridgehead atoms. The second-order valence-electron chi connectivity index (χ2n) is 7.52. The van der Waals surface area contributed by atoms with E-state index in [0.717, 1.165) is 32.1 Å². The SMILES string of the molecule is CCCCCCCCOC(CCCCCCCC)C(CO)(CO)CO. The Labute approximate surface area is 156 Å². The lowest BCUT2D eigenvalue weighted by molar-refractivity contribution is -0.117. The van der Waals surface area contributed by atoms with Gasteiger partial charge in [-0.25, -0.2) is 0 Å². The van der Waals surface area contributed by atoms with Gasteiger partial charge in [0.2, 0.25) is 0 Å². The molecule has 0 aromatic rings. The third-order valence-corrected chi connectivity index (χ3v) is 5.26. The lowest BCUT2D eigenvalue weighted by Gasteiger charge is -2.36. The molecule has 0 aliphatic heterocycles. The summed E-state index contributed by atoms with van der Waals surface area (Å²) in [5, 5.41) is 29.2. The largest absolute Gasteiger partial charge is 0.396 e. The second kappa shape index (κ2) is 17.3. The summed E-state index contributed by atoms with van der Waals surface area (Å²) >= 11 is 0. The summed E-state index contributed by atoms with van der Waals surface area (Å²) in [4.78, 5) is 0. The van der Waals surface area contributed by atoms with Gasteiger partial charge in [-0.1, -0.05) is 84.5 Å². The molecule has 0 radical (unpaired) electrons. The minimum absolute atomic E-state index is 0.239. The highest BCUT2D eigenvalue weighted by molar-refractivity contribution is 4.86. The molecule has 0 rings (SSSR count). The van der Waals surface area contributed by atoms with Crippen LogP contribution in [0.15, 0.2) is 0 Å². The fourth-order valence-electron chi connectivity index (χ4n) is 3.24. The first-order valence-corrected chi connectivity index (χ1v) is 10.6. The van der Waals surface area contributed by atoms with Crippen molar-refractivity contribution in [2.75, 3.05) is 26.4 Å². The minimum atomic E-state index is -0.925. The van der Waals surface area contributed by atoms with Crippen LogP contribution in [0.25, 0.3) is 0 Å². The molecule has 0 amide bonds. The molecular formula is C21H44O4. The summed E-state index contributed by atoms with van der Waals surface area (Å²) < 4.78 is 6.03. The molecule has 0 fully saturated rings. The van der Waals surface area contributed by atoms with E-state index in [1.165, 1.54) is 51.4 Å². The Hall–Kier alpha value is -0.160. The molecule has 0 spiro atoms. The summed E-state index contributed by atoms with van der Waals surface area (Å²) in [6.45, 7) is 4.36. The number of unbranched alkanes of at least 4 members (excludes halogenated alkanes) is 10. The van der Waals surface area contributed by atoms with E-state index < -0.39 is 5.41 Å². The van der Waals surface area contributed by atoms with Crippen molar-refractivity contribution in [2.24, 2.45) is 5.41 Å². The van der Waals surface area contributed by atoms with Gasteiger partial charge in [0, 0.05) is 6.61 Å². The zero-order valence-corrected chi connectivity index (χ0v) is 16.8. The maximum Gasteiger partial charge on any atom is 0.0697 e. The van der Waals surface area contributed by atoms with Crippen LogP contribution < -0.4 is 0 Å². The third-order valence-electron chi connectivity index (χ3n) is 5.26. The number of ether oxygens (including phenoxy) is 1. The molecule has 4 nitrogen and oxygen atoms in total. The van der Waals surface area contributed by atoms with Crippen molar-refractivity contribution in [3.8, 4) is 0 Å². The molecule has 0 saturated heterocycles. The average molecular weight is 361 g/mol. The maximum atomic E-state index is 9.72. The molecule has 25 heavy (non-hydrogen) atoms. The molecule has 0 heterocycles. The highest BCUT2D eigenvalue weighted by Gasteiger charge is 2.38. The zero-order valence-electron chi connectivity index (χ0n) is 16.8. The Balaban J connectivity index is 4.24. The van der Waals surface area contributed by atoms with Crippen LogP contribution in [0.3, 0.4) is 0 Å². The Bertz CT molecular complexity index is 258. The number of aliphatic hydroxyl groups excluding tert-OH is 3. The minimum Gasteiger partial charge on any atom is -0.396 e. The van der Waals surface area contributed by atoms with Gasteiger partial charge in [0.1, 0.15) is 0 Å². The van der Waals surface area contributed by atoms with Crippen molar-refractivity contribution in [3.05, 3.63) is 0 Å². The fraction of sp³-hybridized carbons (Fsp3) is 1.00. The molecule has 4 heteroatoms. The highest BCUT2D eigenvalue weighted by atomic mass is 16.5. The van der Waals surface area contributed by atoms with Gasteiger partial charge in [0.05, 0.1) is 31.3 Å². The molecule has 0 aromatic carbocycles. The van der Waals surface area contributed by atoms with E-state index in [4.69, 9.17) is 4.74 Å². The van der Waals surface area contributed by atoms with Gasteiger partial charge in [0.25, 0.3) is 0 Å². The topological polar surface area (TPSA) is 69.9 Å². The van der Waals surface area contributed by atoms with E-state index in [1.54, 1.807) is 0 Å². The zero-order chi connectivity index (χ0) is 18.8. The lowest BCUT2D eigenvalue weighted by Crippen LogP contribution is -2.46. The maximum absolute atomic E-state index is 9.72. The van der Waals surface area contributed by atoms with Gasteiger partial charge in [-0.15, -0.1) is 0 Å². The predicted octanol–water partition coefficient (Wildman–Crippen LogP) is 4.45. The summed E-state index contributed by atoms with van der Waals surface area (Å²) in [5.41, 5.74) is -0.925. The molecule has 0 aliphatic carbocycles. The van der Waals surface area contributed by atoms with Crippen LogP contribution in [0.2, 0.25) is 0 Å². The van der Waals surface area contributed by atoms with Crippen molar-refractivity contribution in [1.29, 1.82) is 0 Å². The van der Waals surface area contributed by atoms with E-state index in [-0.39, 0.29) is 25.9 Å². The summed E-state index contributed by atoms with van der Waals surface area (Å²) in [6, 6.07) is 0. The van der Waals surface area contributed by atoms with Gasteiger partial charge >= 0.3 is 0 Å². The number of hydrogen-bond acceptors (Lipinski definition) is 4. The average Bonchev–Trinajstić information content (AvgIpc) is 2.64. The van der Waals surface area contributed by atoms with Crippen LogP contribution in [-0.4, -0.2) is 47.9 Å². The fourth-order valence-corrected chi connectivity index (χ4v) is 3.24. The molecule has 152 valence electrons. The lowest BCUT2D eigenvalue weighted by atomic mass is 9.81. The van der Waals surface area contributed by atoms with E-state index >= 15 is 0 Å². The first-order chi connectivity index (χ1) is 12.2. The summed E-state index contributed by atoms with van der Waals surface area (Å²) in [5.74, 6) is 0. The van der Waals surface area contributed by atoms with Crippen LogP contribution in [-0.2, 0) is 4.74 Å². The van der Waals surface area contributed by atoms with Crippen molar-refractivity contribution < 1.29 is 20.1 Å². The monoisotopic (exact) mass is 360 g/mol. The summed E-state index contributed by atoms with van der Waals surface area (Å²) in [7, 11) is 0. The molecule has 3 N–H and O–H groups in total. The Morgan fingerprint density at radius 3 is 1.56 bits per heavy atom. The first-order valence-electron chi connectivity index (χ1n) is 10.6. The Morgan fingerprint density at radius 1 is 0.640 bits per heavy atom. The number of hydrogen-bond donors (Lipinski definition) is 3. The highest BCUT2D eigenvalue weighted by Crippen LogP contribution is 2.28. The number of rotatable bonds is 19. The van der Waals surface area contributed by atoms with E-state index in [1.807, 2.05) is 0 Å². The normalized spacial score (nSPS) is 13.3. The van der Waals surface area contributed by atoms with Gasteiger partial charge in [-0.3, -0.25) is 0 Å². The molecule has 1 atom stereocenters. The Morgan fingerprint density at radius 2 is 1.08 bits per heavy atom. The van der Waals surface area contributed by atoms with Crippen LogP contribution in [0.1, 0.15) is 97.3 Å². The van der Waals surface area contributed by atoms with Crippen LogP contribution in [0, 0.1) is 5.41 Å². The van der Waals surface area contributed by atoms with Gasteiger partial charge < -0.3 is 20.1 Å². The molecular weight excluding hydrogens is 316 g/mol. The first kappa shape index (κ1) is 24.8. The van der Waals surface area contributed by atoms with Gasteiger partial charge in [0.15, 0.2) is 0 Å². The second-order valence-corrected chi connectivity index (χ2v) is 7.52. The van der Waals surface area contributed by atoms with Crippen LogP contribution in [0.4, 0.5) is 0 Å². The van der Waals surface area contributed by atoms with Crippen molar-refractivity contribution >= 4 is 0 Å². The standard InChI is InChI=1S/C21H44O4/c1-3-5-7-9-11-13-15-20(21(17-22,18-23)19-24)25-16-14-12-10-8-6-4-2/h20,22-24H,3-19H2,1-2H3. The van der Waals surface area contributed by atoms with Gasteiger partial charge in [-0.05, 0) is 12.8 Å². The number of aliphatic hydroxyl groups is 3. The third kappa shape index (κ3) is 11.2. The van der Waals surface area contributed by atoms with Crippen molar-refractivity contribution in [3.63, 3.8) is 0 Å². The van der Waals surface area contributed by atoms with Crippen molar-refractivity contribution in [1.82, 2.24) is 0 Å². The van der Waals surface area contributed by atoms with Crippen LogP contribution in [0.5, 0.6) is 0 Å². The quantitative estimate of drug-likeness (QED) is 0.298. The molecule has 0 aromatic heterocycles. The van der Waals surface area contributed by atoms with Crippen molar-refractivity contribution in [2.45, 2.75) is 103 Å². The van der Waals surface area contributed by atoms with E-state index in [0.29, 0.717) is 6.61 Å². The molecule has 0 aliphatic rings. The van der Waals surface area contributed by atoms with Gasteiger partial charge in [-0.2, -0.15) is 0 Å². The summed E-state index contributed by atoms with van der Waals surface area (Å²) in [6.07, 6.45) is 15.0.